The number of carbonyl (C=O) groups is 1. The molecule has 110 valence electrons. The maximum absolute atomic E-state index is 13.0. The largest absolute Gasteiger partial charge is 0.497 e. The van der Waals surface area contributed by atoms with Gasteiger partial charge in [0.2, 0.25) is 0 Å². The summed E-state index contributed by atoms with van der Waals surface area (Å²) in [6.45, 7) is 4.37. The smallest absolute Gasteiger partial charge is 0.170 e. The summed E-state index contributed by atoms with van der Waals surface area (Å²) in [6, 6.07) is 5.36. The maximum atomic E-state index is 13.0. The van der Waals surface area contributed by atoms with Gasteiger partial charge in [0.15, 0.2) is 5.78 Å². The van der Waals surface area contributed by atoms with Crippen LogP contribution in [-0.2, 0) is 0 Å². The molecule has 0 N–H and O–H groups in total. The van der Waals surface area contributed by atoms with E-state index in [1.807, 2.05) is 12.1 Å². The van der Waals surface area contributed by atoms with Crippen LogP contribution < -0.4 is 4.74 Å². The van der Waals surface area contributed by atoms with Crippen LogP contribution in [0.25, 0.3) is 0 Å². The Morgan fingerprint density at radius 3 is 2.50 bits per heavy atom. The molecule has 1 aromatic rings. The average molecular weight is 295 g/mol. The first kappa shape index (κ1) is 15.4. The lowest BCUT2D eigenvalue weighted by Crippen LogP contribution is -2.30. The van der Waals surface area contributed by atoms with Crippen molar-refractivity contribution in [1.29, 1.82) is 0 Å². The zero-order valence-electron chi connectivity index (χ0n) is 12.5. The predicted octanol–water partition coefficient (Wildman–Crippen LogP) is 5.14. The summed E-state index contributed by atoms with van der Waals surface area (Å²) >= 11 is 6.28. The number of halogens is 1. The monoisotopic (exact) mass is 294 g/mol. The van der Waals surface area contributed by atoms with Gasteiger partial charge in [0.1, 0.15) is 5.75 Å². The molecule has 1 fully saturated rings. The lowest BCUT2D eigenvalue weighted by atomic mass is 9.73. The molecule has 20 heavy (non-hydrogen) atoms. The number of Topliss-reactive ketones (excluding diaryl/α,β-unsaturated/α-hetero) is 1. The Bertz CT molecular complexity index is 488. The van der Waals surface area contributed by atoms with E-state index in [4.69, 9.17) is 16.3 Å². The second kappa shape index (κ2) is 6.17. The second-order valence-corrected chi connectivity index (χ2v) is 6.67. The zero-order chi connectivity index (χ0) is 14.8. The normalized spacial score (nSPS) is 17.4. The first-order valence-corrected chi connectivity index (χ1v) is 7.75. The molecule has 1 aliphatic rings. The average Bonchev–Trinajstić information content (AvgIpc) is 2.86. The van der Waals surface area contributed by atoms with Gasteiger partial charge >= 0.3 is 0 Å². The topological polar surface area (TPSA) is 26.3 Å². The first-order chi connectivity index (χ1) is 9.48. The molecule has 0 atom stereocenters. The standard InChI is InChI=1S/C17H23ClO2/c1-12(2)11-17(8-4-5-9-17)16(19)14-7-6-13(20-3)10-15(14)18/h6-7,10,12H,4-5,8-9,11H2,1-3H3. The molecule has 0 unspecified atom stereocenters. The number of carbonyl (C=O) groups excluding carboxylic acids is 1. The number of benzene rings is 1. The fourth-order valence-corrected chi connectivity index (χ4v) is 3.71. The highest BCUT2D eigenvalue weighted by atomic mass is 35.5. The number of methoxy groups -OCH3 is 1. The maximum Gasteiger partial charge on any atom is 0.170 e. The van der Waals surface area contributed by atoms with Gasteiger partial charge in [0, 0.05) is 11.0 Å². The van der Waals surface area contributed by atoms with Gasteiger partial charge in [-0.05, 0) is 43.4 Å². The van der Waals surface area contributed by atoms with E-state index < -0.39 is 0 Å². The highest BCUT2D eigenvalue weighted by Gasteiger charge is 2.42. The summed E-state index contributed by atoms with van der Waals surface area (Å²) in [6.07, 6.45) is 5.23. The summed E-state index contributed by atoms with van der Waals surface area (Å²) in [5.41, 5.74) is 0.446. The summed E-state index contributed by atoms with van der Waals surface area (Å²) in [5.74, 6) is 1.43. The molecular formula is C17H23ClO2. The van der Waals surface area contributed by atoms with Gasteiger partial charge in [-0.2, -0.15) is 0 Å². The summed E-state index contributed by atoms with van der Waals surface area (Å²) in [7, 11) is 1.60. The number of rotatable bonds is 5. The van der Waals surface area contributed by atoms with Gasteiger partial charge < -0.3 is 4.74 Å². The van der Waals surface area contributed by atoms with Crippen molar-refractivity contribution in [2.24, 2.45) is 11.3 Å². The number of ether oxygens (including phenoxy) is 1. The van der Waals surface area contributed by atoms with E-state index in [9.17, 15) is 4.79 Å². The van der Waals surface area contributed by atoms with Gasteiger partial charge in [-0.3, -0.25) is 4.79 Å². The zero-order valence-corrected chi connectivity index (χ0v) is 13.3. The van der Waals surface area contributed by atoms with Crippen LogP contribution in [0.1, 0.15) is 56.3 Å². The SMILES string of the molecule is COc1ccc(C(=O)C2(CC(C)C)CCCC2)c(Cl)c1. The minimum Gasteiger partial charge on any atom is -0.497 e. The van der Waals surface area contributed by atoms with Gasteiger partial charge in [0.25, 0.3) is 0 Å². The third-order valence-electron chi connectivity index (χ3n) is 4.26. The van der Waals surface area contributed by atoms with Crippen LogP contribution >= 0.6 is 11.6 Å². The summed E-state index contributed by atoms with van der Waals surface area (Å²) < 4.78 is 5.15. The van der Waals surface area contributed by atoms with Crippen LogP contribution in [0.2, 0.25) is 5.02 Å². The molecule has 0 bridgehead atoms. The second-order valence-electron chi connectivity index (χ2n) is 6.26. The van der Waals surface area contributed by atoms with Gasteiger partial charge in [0.05, 0.1) is 12.1 Å². The van der Waals surface area contributed by atoms with E-state index in [1.165, 1.54) is 0 Å². The Labute approximate surface area is 126 Å². The highest BCUT2D eigenvalue weighted by molar-refractivity contribution is 6.34. The Kier molecular flexibility index (Phi) is 4.74. The molecule has 1 saturated carbocycles. The quantitative estimate of drug-likeness (QED) is 0.703. The van der Waals surface area contributed by atoms with E-state index in [1.54, 1.807) is 13.2 Å². The van der Waals surface area contributed by atoms with Crippen LogP contribution in [0.15, 0.2) is 18.2 Å². The molecule has 0 amide bonds. The number of hydrogen-bond donors (Lipinski definition) is 0. The lowest BCUT2D eigenvalue weighted by Gasteiger charge is -2.29. The van der Waals surface area contributed by atoms with Gasteiger partial charge in [-0.25, -0.2) is 0 Å². The fourth-order valence-electron chi connectivity index (χ4n) is 3.45. The predicted molar refractivity (Wildman–Crippen MR) is 82.7 cm³/mol. The van der Waals surface area contributed by atoms with Crippen molar-refractivity contribution in [3.05, 3.63) is 28.8 Å². The van der Waals surface area contributed by atoms with Gasteiger partial charge in [-0.1, -0.05) is 38.3 Å². The molecular weight excluding hydrogens is 272 g/mol. The van der Waals surface area contributed by atoms with Crippen molar-refractivity contribution in [2.75, 3.05) is 7.11 Å². The van der Waals surface area contributed by atoms with E-state index in [0.717, 1.165) is 32.1 Å². The van der Waals surface area contributed by atoms with Crippen LogP contribution in [0.5, 0.6) is 5.75 Å². The molecule has 2 rings (SSSR count). The molecule has 2 nitrogen and oxygen atoms in total. The Balaban J connectivity index is 2.32. The van der Waals surface area contributed by atoms with E-state index in [0.29, 0.717) is 22.3 Å². The lowest BCUT2D eigenvalue weighted by molar-refractivity contribution is 0.0760. The molecule has 0 heterocycles. The van der Waals surface area contributed by atoms with Crippen LogP contribution in [0.3, 0.4) is 0 Å². The van der Waals surface area contributed by atoms with Crippen molar-refractivity contribution < 1.29 is 9.53 Å². The van der Waals surface area contributed by atoms with Crippen molar-refractivity contribution >= 4 is 17.4 Å². The molecule has 1 aliphatic carbocycles. The molecule has 0 saturated heterocycles. The van der Waals surface area contributed by atoms with E-state index in [-0.39, 0.29) is 11.2 Å². The fraction of sp³-hybridized carbons (Fsp3) is 0.588. The first-order valence-electron chi connectivity index (χ1n) is 7.37. The Hall–Kier alpha value is -1.02. The summed E-state index contributed by atoms with van der Waals surface area (Å²) in [5, 5.41) is 0.504. The van der Waals surface area contributed by atoms with Crippen molar-refractivity contribution in [3.63, 3.8) is 0 Å². The number of ketones is 1. The Morgan fingerprint density at radius 1 is 1.35 bits per heavy atom. The van der Waals surface area contributed by atoms with E-state index >= 15 is 0 Å². The minimum atomic E-state index is -0.202. The van der Waals surface area contributed by atoms with Crippen LogP contribution in [0.4, 0.5) is 0 Å². The molecule has 1 aromatic carbocycles. The molecule has 0 radical (unpaired) electrons. The molecule has 0 spiro atoms. The molecule has 3 heteroatoms. The molecule has 0 aromatic heterocycles. The van der Waals surface area contributed by atoms with E-state index in [2.05, 4.69) is 13.8 Å². The highest BCUT2D eigenvalue weighted by Crippen LogP contribution is 2.46. The van der Waals surface area contributed by atoms with Crippen LogP contribution in [0, 0.1) is 11.3 Å². The van der Waals surface area contributed by atoms with Crippen molar-refractivity contribution in [2.45, 2.75) is 46.0 Å². The van der Waals surface area contributed by atoms with Gasteiger partial charge in [-0.15, -0.1) is 0 Å². The van der Waals surface area contributed by atoms with Crippen molar-refractivity contribution in [3.8, 4) is 5.75 Å². The minimum absolute atomic E-state index is 0.202. The third-order valence-corrected chi connectivity index (χ3v) is 4.57. The Morgan fingerprint density at radius 2 is 2.00 bits per heavy atom. The molecule has 0 aliphatic heterocycles. The van der Waals surface area contributed by atoms with Crippen LogP contribution in [-0.4, -0.2) is 12.9 Å². The number of hydrogen-bond acceptors (Lipinski definition) is 2. The summed E-state index contributed by atoms with van der Waals surface area (Å²) in [4.78, 5) is 13.0. The third kappa shape index (κ3) is 3.01. The van der Waals surface area contributed by atoms with Crippen molar-refractivity contribution in [1.82, 2.24) is 0 Å².